The van der Waals surface area contributed by atoms with Gasteiger partial charge in [-0.25, -0.2) is 4.79 Å². The van der Waals surface area contributed by atoms with Gasteiger partial charge in [-0.1, -0.05) is 13.8 Å². The third kappa shape index (κ3) is 1.41. The number of ether oxygens (including phenoxy) is 2. The largest absolute Gasteiger partial charge is 0.466 e. The molecule has 2 rings (SSSR count). The minimum atomic E-state index is -0.311. The van der Waals surface area contributed by atoms with E-state index in [0.717, 1.165) is 12.8 Å². The number of hydrogen-bond acceptors (Lipinski definition) is 3. The molecule has 2 unspecified atom stereocenters. The zero-order valence-corrected chi connectivity index (χ0v) is 10.5. The smallest absolute Gasteiger partial charge is 0.330 e. The maximum absolute atomic E-state index is 11.2. The van der Waals surface area contributed by atoms with Crippen molar-refractivity contribution in [2.45, 2.75) is 51.2 Å². The number of methoxy groups -OCH3 is 1. The molecule has 2 fully saturated rings. The van der Waals surface area contributed by atoms with E-state index in [9.17, 15) is 4.79 Å². The maximum Gasteiger partial charge on any atom is 0.330 e. The van der Waals surface area contributed by atoms with Crippen LogP contribution in [0.5, 0.6) is 0 Å². The van der Waals surface area contributed by atoms with Crippen molar-refractivity contribution in [3.05, 3.63) is 12.2 Å². The van der Waals surface area contributed by atoms with Gasteiger partial charge in [0.15, 0.2) is 0 Å². The molecule has 16 heavy (non-hydrogen) atoms. The first kappa shape index (κ1) is 11.6. The Hall–Kier alpha value is -0.830. The van der Waals surface area contributed by atoms with Gasteiger partial charge in [-0.3, -0.25) is 0 Å². The average Bonchev–Trinajstić information content (AvgIpc) is 2.83. The monoisotopic (exact) mass is 224 g/mol. The summed E-state index contributed by atoms with van der Waals surface area (Å²) in [6.45, 7) is 6.55. The van der Waals surface area contributed by atoms with Crippen molar-refractivity contribution in [2.24, 2.45) is 5.41 Å². The van der Waals surface area contributed by atoms with Crippen LogP contribution in [0.1, 0.15) is 40.0 Å². The third-order valence-electron chi connectivity index (χ3n) is 4.25. The minimum absolute atomic E-state index is 0.0841. The van der Waals surface area contributed by atoms with E-state index in [1.54, 1.807) is 0 Å². The van der Waals surface area contributed by atoms with Gasteiger partial charge in [-0.05, 0) is 32.3 Å². The molecule has 1 aliphatic carbocycles. The Balaban J connectivity index is 2.24. The van der Waals surface area contributed by atoms with Gasteiger partial charge in [0.05, 0.1) is 12.7 Å². The molecule has 0 aromatic carbocycles. The highest BCUT2D eigenvalue weighted by Gasteiger charge is 2.73. The Morgan fingerprint density at radius 3 is 2.56 bits per heavy atom. The fraction of sp³-hybridized carbons (Fsp3) is 0.769. The van der Waals surface area contributed by atoms with Crippen molar-refractivity contribution in [3.8, 4) is 0 Å². The van der Waals surface area contributed by atoms with Crippen LogP contribution in [0.4, 0.5) is 0 Å². The van der Waals surface area contributed by atoms with E-state index in [1.807, 2.05) is 6.08 Å². The van der Waals surface area contributed by atoms with E-state index in [-0.39, 0.29) is 22.6 Å². The SMILES string of the molecule is COC(=O)/C=C/C12OC1(C)CCCC2(C)C. The quantitative estimate of drug-likeness (QED) is 0.411. The van der Waals surface area contributed by atoms with E-state index in [4.69, 9.17) is 4.74 Å². The normalized spacial score (nSPS) is 40.5. The van der Waals surface area contributed by atoms with E-state index in [2.05, 4.69) is 25.5 Å². The summed E-state index contributed by atoms with van der Waals surface area (Å²) in [5.74, 6) is -0.311. The van der Waals surface area contributed by atoms with Crippen LogP contribution in [0.2, 0.25) is 0 Å². The summed E-state index contributed by atoms with van der Waals surface area (Å²) >= 11 is 0. The van der Waals surface area contributed by atoms with Gasteiger partial charge in [-0.15, -0.1) is 0 Å². The summed E-state index contributed by atoms with van der Waals surface area (Å²) < 4.78 is 10.6. The highest BCUT2D eigenvalue weighted by atomic mass is 16.6. The molecule has 0 radical (unpaired) electrons. The van der Waals surface area contributed by atoms with Crippen molar-refractivity contribution in [1.29, 1.82) is 0 Å². The van der Waals surface area contributed by atoms with Crippen molar-refractivity contribution in [2.75, 3.05) is 7.11 Å². The lowest BCUT2D eigenvalue weighted by molar-refractivity contribution is -0.134. The number of carbonyl (C=O) groups is 1. The van der Waals surface area contributed by atoms with Gasteiger partial charge >= 0.3 is 5.97 Å². The molecule has 2 atom stereocenters. The maximum atomic E-state index is 11.2. The number of fused-ring (bicyclic) bond motifs is 1. The second-order valence-corrected chi connectivity index (χ2v) is 5.66. The second-order valence-electron chi connectivity index (χ2n) is 5.66. The third-order valence-corrected chi connectivity index (χ3v) is 4.25. The average molecular weight is 224 g/mol. The van der Waals surface area contributed by atoms with Crippen LogP contribution in [-0.2, 0) is 14.3 Å². The molecule has 3 heteroatoms. The molecule has 1 saturated carbocycles. The van der Waals surface area contributed by atoms with Crippen LogP contribution in [0.15, 0.2) is 12.2 Å². The molecule has 0 amide bonds. The van der Waals surface area contributed by atoms with Crippen molar-refractivity contribution in [3.63, 3.8) is 0 Å². The Morgan fingerprint density at radius 1 is 1.31 bits per heavy atom. The highest BCUT2D eigenvalue weighted by Crippen LogP contribution is 2.65. The van der Waals surface area contributed by atoms with E-state index in [1.165, 1.54) is 19.6 Å². The molecular weight excluding hydrogens is 204 g/mol. The van der Waals surface area contributed by atoms with Crippen LogP contribution in [-0.4, -0.2) is 24.3 Å². The molecule has 0 bridgehead atoms. The number of esters is 1. The summed E-state index contributed by atoms with van der Waals surface area (Å²) in [5.41, 5.74) is -0.268. The Bertz CT molecular complexity index is 345. The van der Waals surface area contributed by atoms with Crippen molar-refractivity contribution < 1.29 is 14.3 Å². The summed E-state index contributed by atoms with van der Waals surface area (Å²) in [7, 11) is 1.39. The van der Waals surface area contributed by atoms with Crippen molar-refractivity contribution >= 4 is 5.97 Å². The lowest BCUT2D eigenvalue weighted by Crippen LogP contribution is -2.41. The molecule has 2 aliphatic rings. The standard InChI is InChI=1S/C13H20O3/c1-11(2)7-5-8-12(3)13(11,16-12)9-6-10(14)15-4/h6,9H,5,7-8H2,1-4H3/b9-6+. The van der Waals surface area contributed by atoms with Gasteiger partial charge in [-0.2, -0.15) is 0 Å². The van der Waals surface area contributed by atoms with Crippen LogP contribution >= 0.6 is 0 Å². The highest BCUT2D eigenvalue weighted by molar-refractivity contribution is 5.82. The zero-order chi connectivity index (χ0) is 12.0. The van der Waals surface area contributed by atoms with Crippen LogP contribution in [0.25, 0.3) is 0 Å². The summed E-state index contributed by atoms with van der Waals surface area (Å²) in [6, 6.07) is 0. The number of hydrogen-bond donors (Lipinski definition) is 0. The Labute approximate surface area is 96.8 Å². The van der Waals surface area contributed by atoms with E-state index in [0.29, 0.717) is 0 Å². The van der Waals surface area contributed by atoms with E-state index < -0.39 is 0 Å². The van der Waals surface area contributed by atoms with Crippen LogP contribution < -0.4 is 0 Å². The first-order chi connectivity index (χ1) is 7.37. The first-order valence-corrected chi connectivity index (χ1v) is 5.84. The summed E-state index contributed by atoms with van der Waals surface area (Å²) in [5, 5.41) is 0. The lowest BCUT2D eigenvalue weighted by Gasteiger charge is -2.36. The molecule has 90 valence electrons. The molecule has 1 heterocycles. The summed E-state index contributed by atoms with van der Waals surface area (Å²) in [4.78, 5) is 11.2. The molecule has 1 aliphatic heterocycles. The van der Waals surface area contributed by atoms with Gasteiger partial charge in [0, 0.05) is 11.5 Å². The zero-order valence-electron chi connectivity index (χ0n) is 10.5. The summed E-state index contributed by atoms with van der Waals surface area (Å²) in [6.07, 6.45) is 6.80. The van der Waals surface area contributed by atoms with Crippen LogP contribution in [0, 0.1) is 5.41 Å². The van der Waals surface area contributed by atoms with Gasteiger partial charge in [0.2, 0.25) is 0 Å². The van der Waals surface area contributed by atoms with Crippen LogP contribution in [0.3, 0.4) is 0 Å². The lowest BCUT2D eigenvalue weighted by atomic mass is 9.64. The molecule has 3 nitrogen and oxygen atoms in total. The molecule has 0 N–H and O–H groups in total. The predicted octanol–water partition coefficient (Wildman–Crippen LogP) is 2.45. The number of carbonyl (C=O) groups excluding carboxylic acids is 1. The molecule has 0 aromatic rings. The van der Waals surface area contributed by atoms with E-state index >= 15 is 0 Å². The molecule has 0 spiro atoms. The van der Waals surface area contributed by atoms with Gasteiger partial charge in [0.25, 0.3) is 0 Å². The fourth-order valence-corrected chi connectivity index (χ4v) is 3.16. The van der Waals surface area contributed by atoms with Crippen molar-refractivity contribution in [1.82, 2.24) is 0 Å². The minimum Gasteiger partial charge on any atom is -0.466 e. The second kappa shape index (κ2) is 3.33. The molecular formula is C13H20O3. The van der Waals surface area contributed by atoms with Gasteiger partial charge in [0.1, 0.15) is 5.60 Å². The van der Waals surface area contributed by atoms with Gasteiger partial charge < -0.3 is 9.47 Å². The topological polar surface area (TPSA) is 38.8 Å². The molecule has 0 aromatic heterocycles. The number of rotatable bonds is 2. The Kier molecular flexibility index (Phi) is 2.42. The Morgan fingerprint density at radius 2 is 2.00 bits per heavy atom. The number of epoxide rings is 1. The predicted molar refractivity (Wildman–Crippen MR) is 61.0 cm³/mol. The fourth-order valence-electron chi connectivity index (χ4n) is 3.16. The first-order valence-electron chi connectivity index (χ1n) is 5.84. The molecule has 1 saturated heterocycles.